The van der Waals surface area contributed by atoms with E-state index in [1.54, 1.807) is 24.3 Å². The molecule has 2 aromatic rings. The van der Waals surface area contributed by atoms with E-state index in [2.05, 4.69) is 10.6 Å². The van der Waals surface area contributed by atoms with Gasteiger partial charge in [0.25, 0.3) is 5.91 Å². The number of anilines is 1. The SMILES string of the molecule is Cc1ccc(C)c(NC(=S)NC(=O)COc2ccccc2Cl)c1. The standard InChI is InChI=1S/C17H17ClN2O2S/c1-11-7-8-12(2)14(9-11)19-17(23)20-16(21)10-22-15-6-4-3-5-13(15)18/h3-9H,10H2,1-2H3,(H2,19,20,21,23). The average molecular weight is 349 g/mol. The number of benzene rings is 2. The minimum Gasteiger partial charge on any atom is -0.482 e. The molecule has 0 bridgehead atoms. The molecule has 4 nitrogen and oxygen atoms in total. The molecule has 2 rings (SSSR count). The number of nitrogens with one attached hydrogen (secondary N) is 2. The number of hydrogen-bond acceptors (Lipinski definition) is 3. The molecule has 120 valence electrons. The number of aryl methyl sites for hydroxylation is 2. The van der Waals surface area contributed by atoms with Crippen molar-refractivity contribution in [2.45, 2.75) is 13.8 Å². The van der Waals surface area contributed by atoms with Gasteiger partial charge in [-0.2, -0.15) is 0 Å². The molecule has 23 heavy (non-hydrogen) atoms. The highest BCUT2D eigenvalue weighted by atomic mass is 35.5. The Kier molecular flexibility index (Phi) is 5.96. The topological polar surface area (TPSA) is 50.4 Å². The minimum absolute atomic E-state index is 0.168. The fourth-order valence-corrected chi connectivity index (χ4v) is 2.31. The highest BCUT2D eigenvalue weighted by Gasteiger charge is 2.08. The van der Waals surface area contributed by atoms with Crippen LogP contribution in [0, 0.1) is 13.8 Å². The van der Waals surface area contributed by atoms with E-state index in [1.165, 1.54) is 0 Å². The van der Waals surface area contributed by atoms with Crippen LogP contribution in [0.15, 0.2) is 42.5 Å². The molecule has 0 heterocycles. The monoisotopic (exact) mass is 348 g/mol. The van der Waals surface area contributed by atoms with Crippen LogP contribution >= 0.6 is 23.8 Å². The molecule has 0 saturated heterocycles. The normalized spacial score (nSPS) is 10.0. The Labute approximate surface area is 145 Å². The van der Waals surface area contributed by atoms with Gasteiger partial charge in [0, 0.05) is 5.69 Å². The fraction of sp³-hybridized carbons (Fsp3) is 0.176. The van der Waals surface area contributed by atoms with Crippen molar-refractivity contribution in [1.29, 1.82) is 0 Å². The van der Waals surface area contributed by atoms with E-state index in [0.717, 1.165) is 16.8 Å². The second-order valence-corrected chi connectivity index (χ2v) is 5.86. The van der Waals surface area contributed by atoms with Crippen molar-refractivity contribution in [3.63, 3.8) is 0 Å². The third-order valence-electron chi connectivity index (χ3n) is 3.09. The summed E-state index contributed by atoms with van der Waals surface area (Å²) in [5.74, 6) is 0.102. The van der Waals surface area contributed by atoms with Crippen molar-refractivity contribution >= 4 is 40.5 Å². The molecule has 0 unspecified atom stereocenters. The first kappa shape index (κ1) is 17.2. The lowest BCUT2D eigenvalue weighted by atomic mass is 10.1. The predicted octanol–water partition coefficient (Wildman–Crippen LogP) is 3.85. The van der Waals surface area contributed by atoms with Gasteiger partial charge < -0.3 is 10.1 Å². The average Bonchev–Trinajstić information content (AvgIpc) is 2.50. The lowest BCUT2D eigenvalue weighted by Gasteiger charge is -2.13. The van der Waals surface area contributed by atoms with Crippen molar-refractivity contribution in [3.05, 3.63) is 58.6 Å². The molecular formula is C17H17ClN2O2S. The maximum atomic E-state index is 11.9. The van der Waals surface area contributed by atoms with Crippen LogP contribution < -0.4 is 15.4 Å². The number of amides is 1. The van der Waals surface area contributed by atoms with Crippen LogP contribution in [-0.4, -0.2) is 17.6 Å². The maximum absolute atomic E-state index is 11.9. The molecule has 0 fully saturated rings. The van der Waals surface area contributed by atoms with Crippen molar-refractivity contribution in [2.24, 2.45) is 0 Å². The van der Waals surface area contributed by atoms with Gasteiger partial charge in [0.15, 0.2) is 11.7 Å². The summed E-state index contributed by atoms with van der Waals surface area (Å²) in [6.07, 6.45) is 0. The highest BCUT2D eigenvalue weighted by molar-refractivity contribution is 7.80. The molecule has 0 aliphatic rings. The largest absolute Gasteiger partial charge is 0.482 e. The van der Waals surface area contributed by atoms with Crippen LogP contribution in [0.3, 0.4) is 0 Å². The number of carbonyl (C=O) groups excluding carboxylic acids is 1. The number of para-hydroxylation sites is 1. The van der Waals surface area contributed by atoms with Crippen molar-refractivity contribution < 1.29 is 9.53 Å². The summed E-state index contributed by atoms with van der Waals surface area (Å²) in [6, 6.07) is 12.9. The third-order valence-corrected chi connectivity index (χ3v) is 3.61. The van der Waals surface area contributed by atoms with Gasteiger partial charge in [0.05, 0.1) is 5.02 Å². The second-order valence-electron chi connectivity index (χ2n) is 5.04. The van der Waals surface area contributed by atoms with Gasteiger partial charge in [-0.3, -0.25) is 10.1 Å². The highest BCUT2D eigenvalue weighted by Crippen LogP contribution is 2.22. The number of ether oxygens (including phenoxy) is 1. The van der Waals surface area contributed by atoms with E-state index in [9.17, 15) is 4.79 Å². The number of rotatable bonds is 4. The molecular weight excluding hydrogens is 332 g/mol. The second kappa shape index (κ2) is 7.94. The first-order valence-corrected chi connectivity index (χ1v) is 7.80. The van der Waals surface area contributed by atoms with Crippen molar-refractivity contribution in [1.82, 2.24) is 5.32 Å². The van der Waals surface area contributed by atoms with Crippen LogP contribution in [0.25, 0.3) is 0 Å². The van der Waals surface area contributed by atoms with E-state index >= 15 is 0 Å². The van der Waals surface area contributed by atoms with Gasteiger partial charge in [-0.1, -0.05) is 35.9 Å². The van der Waals surface area contributed by atoms with E-state index in [1.807, 2.05) is 32.0 Å². The molecule has 0 atom stereocenters. The van der Waals surface area contributed by atoms with Gasteiger partial charge >= 0.3 is 0 Å². The first-order valence-electron chi connectivity index (χ1n) is 7.01. The van der Waals surface area contributed by atoms with Crippen LogP contribution in [0.5, 0.6) is 5.75 Å². The molecule has 0 spiro atoms. The van der Waals surface area contributed by atoms with Gasteiger partial charge in [-0.15, -0.1) is 0 Å². The van der Waals surface area contributed by atoms with Gasteiger partial charge in [-0.25, -0.2) is 0 Å². The molecule has 6 heteroatoms. The third kappa shape index (κ3) is 5.23. The zero-order chi connectivity index (χ0) is 16.8. The van der Waals surface area contributed by atoms with Crippen LogP contribution in [-0.2, 0) is 4.79 Å². The molecule has 0 saturated carbocycles. The summed E-state index contributed by atoms with van der Waals surface area (Å²) < 4.78 is 5.36. The van der Waals surface area contributed by atoms with Crippen molar-refractivity contribution in [3.8, 4) is 5.75 Å². The zero-order valence-corrected chi connectivity index (χ0v) is 14.4. The molecule has 0 aliphatic carbocycles. The van der Waals surface area contributed by atoms with Crippen molar-refractivity contribution in [2.75, 3.05) is 11.9 Å². The summed E-state index contributed by atoms with van der Waals surface area (Å²) in [7, 11) is 0. The van der Waals surface area contributed by atoms with Crippen LogP contribution in [0.2, 0.25) is 5.02 Å². The minimum atomic E-state index is -0.354. The number of halogens is 1. The first-order chi connectivity index (χ1) is 11.0. The smallest absolute Gasteiger partial charge is 0.264 e. The lowest BCUT2D eigenvalue weighted by Crippen LogP contribution is -2.37. The Morgan fingerprint density at radius 2 is 1.96 bits per heavy atom. The van der Waals surface area contributed by atoms with E-state index in [-0.39, 0.29) is 17.6 Å². The zero-order valence-electron chi connectivity index (χ0n) is 12.9. The predicted molar refractivity (Wildman–Crippen MR) is 97.2 cm³/mol. The van der Waals surface area contributed by atoms with Gasteiger partial charge in [0.2, 0.25) is 0 Å². The Balaban J connectivity index is 1.86. The summed E-state index contributed by atoms with van der Waals surface area (Å²) in [5.41, 5.74) is 3.01. The molecule has 0 aromatic heterocycles. The van der Waals surface area contributed by atoms with Gasteiger partial charge in [-0.05, 0) is 55.4 Å². The fourth-order valence-electron chi connectivity index (χ4n) is 1.89. The lowest BCUT2D eigenvalue weighted by molar-refractivity contribution is -0.121. The Morgan fingerprint density at radius 1 is 1.22 bits per heavy atom. The quantitative estimate of drug-likeness (QED) is 0.824. The maximum Gasteiger partial charge on any atom is 0.264 e. The molecule has 0 radical (unpaired) electrons. The number of hydrogen-bond donors (Lipinski definition) is 2. The number of thiocarbonyl (C=S) groups is 1. The van der Waals surface area contributed by atoms with E-state index in [4.69, 9.17) is 28.6 Å². The summed E-state index contributed by atoms with van der Waals surface area (Å²) >= 11 is 11.1. The molecule has 0 aliphatic heterocycles. The van der Waals surface area contributed by atoms with E-state index < -0.39 is 0 Å². The Morgan fingerprint density at radius 3 is 2.70 bits per heavy atom. The molecule has 2 N–H and O–H groups in total. The Hall–Kier alpha value is -2.11. The Bertz CT molecular complexity index is 734. The van der Waals surface area contributed by atoms with Crippen LogP contribution in [0.4, 0.5) is 5.69 Å². The molecule has 2 aromatic carbocycles. The molecule has 1 amide bonds. The number of carbonyl (C=O) groups is 1. The summed E-state index contributed by atoms with van der Waals surface area (Å²) in [6.45, 7) is 3.79. The van der Waals surface area contributed by atoms with E-state index in [0.29, 0.717) is 10.8 Å². The summed E-state index contributed by atoms with van der Waals surface area (Å²) in [5, 5.41) is 6.27. The van der Waals surface area contributed by atoms with Gasteiger partial charge in [0.1, 0.15) is 5.75 Å². The summed E-state index contributed by atoms with van der Waals surface area (Å²) in [4.78, 5) is 11.9. The van der Waals surface area contributed by atoms with Crippen LogP contribution in [0.1, 0.15) is 11.1 Å².